The van der Waals surface area contributed by atoms with Gasteiger partial charge in [-0.2, -0.15) is 0 Å². The maximum absolute atomic E-state index is 12.0. The lowest BCUT2D eigenvalue weighted by atomic mass is 9.94. The Morgan fingerprint density at radius 3 is 2.36 bits per heavy atom. The van der Waals surface area contributed by atoms with Crippen molar-refractivity contribution >= 4 is 27.7 Å². The van der Waals surface area contributed by atoms with E-state index in [0.717, 1.165) is 5.56 Å². The summed E-state index contributed by atoms with van der Waals surface area (Å²) in [4.78, 5) is 12.0. The summed E-state index contributed by atoms with van der Waals surface area (Å²) in [6.07, 6.45) is 0.515. The number of hydrogen-bond donors (Lipinski definition) is 1. The normalized spacial score (nSPS) is 13.6. The fourth-order valence-electron chi connectivity index (χ4n) is 1.60. The summed E-state index contributed by atoms with van der Waals surface area (Å²) in [7, 11) is -3.55. The number of carbonyl (C=O) groups is 1. The zero-order valence-corrected chi connectivity index (χ0v) is 15.3. The number of carbonyl (C=O) groups excluding carboxylic acids is 1. The van der Waals surface area contributed by atoms with Crippen molar-refractivity contribution in [2.75, 3.05) is 5.75 Å². The van der Waals surface area contributed by atoms with Crippen molar-refractivity contribution in [2.45, 2.75) is 45.1 Å². The lowest BCUT2D eigenvalue weighted by Gasteiger charge is -2.18. The molecule has 0 heterocycles. The van der Waals surface area contributed by atoms with Crippen LogP contribution in [0.5, 0.6) is 0 Å². The highest BCUT2D eigenvalue weighted by Crippen LogP contribution is 2.20. The molecule has 22 heavy (non-hydrogen) atoms. The Labute approximate surface area is 138 Å². The van der Waals surface area contributed by atoms with Crippen LogP contribution in [0.2, 0.25) is 0 Å². The maximum atomic E-state index is 12.0. The van der Waals surface area contributed by atoms with Crippen molar-refractivity contribution in [2.24, 2.45) is 5.41 Å². The molecular formula is C16H25NO3S2. The van der Waals surface area contributed by atoms with Crippen molar-refractivity contribution in [3.8, 4) is 0 Å². The molecule has 1 N–H and O–H groups in total. The van der Waals surface area contributed by atoms with E-state index in [0.29, 0.717) is 12.2 Å². The maximum Gasteiger partial charge on any atom is 0.246 e. The molecule has 1 rings (SSSR count). The number of benzene rings is 1. The summed E-state index contributed by atoms with van der Waals surface area (Å²) in [5.41, 5.74) is 1.04. The van der Waals surface area contributed by atoms with Gasteiger partial charge in [0.05, 0.1) is 11.0 Å². The molecule has 0 spiro atoms. The van der Waals surface area contributed by atoms with Crippen molar-refractivity contribution < 1.29 is 13.2 Å². The van der Waals surface area contributed by atoms with Crippen LogP contribution in [0.1, 0.15) is 39.7 Å². The standard InChI is InChI=1S/C16H25NO3S2/c1-13(21-12-14-8-6-5-7-9-14)15(18)17-22(19,20)11-10-16(2,3)4/h5-9,13H,10-12H2,1-4H3,(H,17,18). The van der Waals surface area contributed by atoms with E-state index < -0.39 is 21.2 Å². The minimum absolute atomic E-state index is 0.0295. The molecule has 0 aromatic heterocycles. The van der Waals surface area contributed by atoms with E-state index in [4.69, 9.17) is 0 Å². The largest absolute Gasteiger partial charge is 0.273 e. The van der Waals surface area contributed by atoms with Gasteiger partial charge in [-0.3, -0.25) is 9.52 Å². The van der Waals surface area contributed by atoms with Crippen molar-refractivity contribution in [3.05, 3.63) is 35.9 Å². The fourth-order valence-corrected chi connectivity index (χ4v) is 3.99. The first-order valence-electron chi connectivity index (χ1n) is 7.29. The minimum Gasteiger partial charge on any atom is -0.273 e. The van der Waals surface area contributed by atoms with Crippen molar-refractivity contribution in [1.82, 2.24) is 4.72 Å². The molecule has 0 saturated heterocycles. The van der Waals surface area contributed by atoms with Crippen LogP contribution in [0.3, 0.4) is 0 Å². The van der Waals surface area contributed by atoms with Gasteiger partial charge in [-0.15, -0.1) is 11.8 Å². The number of rotatable bonds is 7. The second-order valence-corrected chi connectivity index (χ2v) is 9.71. The van der Waals surface area contributed by atoms with Crippen molar-refractivity contribution in [1.29, 1.82) is 0 Å². The zero-order valence-electron chi connectivity index (χ0n) is 13.6. The highest BCUT2D eigenvalue weighted by molar-refractivity contribution is 8.00. The molecule has 0 aliphatic heterocycles. The van der Waals surface area contributed by atoms with E-state index in [9.17, 15) is 13.2 Å². The van der Waals surface area contributed by atoms with Crippen LogP contribution in [-0.2, 0) is 20.6 Å². The van der Waals surface area contributed by atoms with Crippen LogP contribution in [0, 0.1) is 5.41 Å². The Kier molecular flexibility index (Phi) is 6.94. The molecule has 1 unspecified atom stereocenters. The molecule has 4 nitrogen and oxygen atoms in total. The lowest BCUT2D eigenvalue weighted by molar-refractivity contribution is -0.118. The number of amides is 1. The second kappa shape index (κ2) is 8.02. The van der Waals surface area contributed by atoms with Crippen LogP contribution in [-0.4, -0.2) is 25.3 Å². The predicted molar refractivity (Wildman–Crippen MR) is 93.2 cm³/mol. The van der Waals surface area contributed by atoms with E-state index in [1.165, 1.54) is 11.8 Å². The van der Waals surface area contributed by atoms with Crippen LogP contribution >= 0.6 is 11.8 Å². The van der Waals surface area contributed by atoms with Crippen LogP contribution < -0.4 is 4.72 Å². The first-order chi connectivity index (χ1) is 10.1. The molecule has 0 saturated carbocycles. The molecular weight excluding hydrogens is 318 g/mol. The third-order valence-electron chi connectivity index (χ3n) is 3.09. The number of thioether (sulfide) groups is 1. The molecule has 1 aromatic rings. The van der Waals surface area contributed by atoms with Gasteiger partial charge in [-0.25, -0.2) is 8.42 Å². The zero-order chi connectivity index (χ0) is 16.8. The second-order valence-electron chi connectivity index (χ2n) is 6.53. The smallest absolute Gasteiger partial charge is 0.246 e. The molecule has 0 radical (unpaired) electrons. The summed E-state index contributed by atoms with van der Waals surface area (Å²) in [6.45, 7) is 7.65. The van der Waals surface area contributed by atoms with E-state index in [2.05, 4.69) is 4.72 Å². The Morgan fingerprint density at radius 1 is 1.23 bits per heavy atom. The third kappa shape index (κ3) is 7.84. The Hall–Kier alpha value is -1.01. The molecule has 6 heteroatoms. The van der Waals surface area contributed by atoms with Crippen LogP contribution in [0.25, 0.3) is 0 Å². The summed E-state index contributed by atoms with van der Waals surface area (Å²) in [6, 6.07) is 9.79. The average molecular weight is 344 g/mol. The highest BCUT2D eigenvalue weighted by Gasteiger charge is 2.22. The molecule has 0 aliphatic carbocycles. The van der Waals surface area contributed by atoms with Crippen LogP contribution in [0.15, 0.2) is 30.3 Å². The number of nitrogens with one attached hydrogen (secondary N) is 1. The van der Waals surface area contributed by atoms with Gasteiger partial charge in [0.1, 0.15) is 0 Å². The minimum atomic E-state index is -3.55. The van der Waals surface area contributed by atoms with Gasteiger partial charge in [0.15, 0.2) is 0 Å². The van der Waals surface area contributed by atoms with E-state index in [-0.39, 0.29) is 11.2 Å². The van der Waals surface area contributed by atoms with E-state index in [1.54, 1.807) is 6.92 Å². The number of hydrogen-bond acceptors (Lipinski definition) is 4. The van der Waals surface area contributed by atoms with Gasteiger partial charge < -0.3 is 0 Å². The van der Waals surface area contributed by atoms with Gasteiger partial charge >= 0.3 is 0 Å². The van der Waals surface area contributed by atoms with Crippen LogP contribution in [0.4, 0.5) is 0 Å². The van der Waals surface area contributed by atoms with Gasteiger partial charge in [0, 0.05) is 5.75 Å². The lowest BCUT2D eigenvalue weighted by Crippen LogP contribution is -2.38. The first-order valence-corrected chi connectivity index (χ1v) is 9.99. The fraction of sp³-hybridized carbons (Fsp3) is 0.562. The summed E-state index contributed by atoms with van der Waals surface area (Å²) >= 11 is 1.43. The monoisotopic (exact) mass is 343 g/mol. The molecule has 124 valence electrons. The Morgan fingerprint density at radius 2 is 1.82 bits per heavy atom. The quantitative estimate of drug-likeness (QED) is 0.826. The molecule has 1 atom stereocenters. The first kappa shape index (κ1) is 19.0. The SMILES string of the molecule is CC(SCc1ccccc1)C(=O)NS(=O)(=O)CCC(C)(C)C. The van der Waals surface area contributed by atoms with Gasteiger partial charge in [-0.05, 0) is 24.3 Å². The highest BCUT2D eigenvalue weighted by atomic mass is 32.2. The Bertz CT molecular complexity index is 577. The predicted octanol–water partition coefficient (Wildman–Crippen LogP) is 3.19. The average Bonchev–Trinajstić information content (AvgIpc) is 2.43. The third-order valence-corrected chi connectivity index (χ3v) is 5.56. The summed E-state index contributed by atoms with van der Waals surface area (Å²) in [5.74, 6) is 0.199. The topological polar surface area (TPSA) is 63.2 Å². The molecule has 1 aromatic carbocycles. The number of sulfonamides is 1. The summed E-state index contributed by atoms with van der Waals surface area (Å²) in [5, 5.41) is -0.412. The van der Waals surface area contributed by atoms with E-state index >= 15 is 0 Å². The molecule has 0 fully saturated rings. The molecule has 0 bridgehead atoms. The Balaban J connectivity index is 2.46. The van der Waals surface area contributed by atoms with Crippen molar-refractivity contribution in [3.63, 3.8) is 0 Å². The van der Waals surface area contributed by atoms with Gasteiger partial charge in [0.25, 0.3) is 0 Å². The molecule has 0 aliphatic rings. The molecule has 1 amide bonds. The van der Waals surface area contributed by atoms with E-state index in [1.807, 2.05) is 51.1 Å². The van der Waals surface area contributed by atoms with Gasteiger partial charge in [0.2, 0.25) is 15.9 Å². The van der Waals surface area contributed by atoms with Gasteiger partial charge in [-0.1, -0.05) is 51.1 Å². The summed E-state index contributed by atoms with van der Waals surface area (Å²) < 4.78 is 26.0.